The molecule has 1 aromatic carbocycles. The zero-order chi connectivity index (χ0) is 13.4. The average molecular weight is 269 g/mol. The Hall–Kier alpha value is -1.06. The monoisotopic (exact) mass is 268 g/mol. The Morgan fingerprint density at radius 1 is 1.44 bits per heavy atom. The van der Waals surface area contributed by atoms with Gasteiger partial charge in [-0.15, -0.1) is 0 Å². The number of benzene rings is 1. The molecule has 0 fully saturated rings. The van der Waals surface area contributed by atoms with Crippen LogP contribution in [0.15, 0.2) is 24.3 Å². The molecule has 2 N–H and O–H groups in total. The van der Waals surface area contributed by atoms with E-state index >= 15 is 0 Å². The molecule has 1 amide bonds. The van der Waals surface area contributed by atoms with Gasteiger partial charge in [-0.25, -0.2) is 0 Å². The highest BCUT2D eigenvalue weighted by Crippen LogP contribution is 2.12. The molecule has 1 aromatic rings. The first-order chi connectivity index (χ1) is 8.61. The van der Waals surface area contributed by atoms with Crippen LogP contribution < -0.4 is 10.6 Å². The number of halogens is 1. The third-order valence-electron chi connectivity index (χ3n) is 2.67. The van der Waals surface area contributed by atoms with Crippen LogP contribution in [0.5, 0.6) is 0 Å². The lowest BCUT2D eigenvalue weighted by atomic mass is 10.1. The maximum absolute atomic E-state index is 11.6. The number of amides is 1. The van der Waals surface area contributed by atoms with E-state index in [1.165, 1.54) is 0 Å². The second kappa shape index (κ2) is 8.11. The van der Waals surface area contributed by atoms with Gasteiger partial charge >= 0.3 is 0 Å². The van der Waals surface area contributed by atoms with E-state index in [1.807, 2.05) is 38.2 Å². The van der Waals surface area contributed by atoms with E-state index in [2.05, 4.69) is 10.6 Å². The molecule has 0 bridgehead atoms. The summed E-state index contributed by atoms with van der Waals surface area (Å²) in [6.45, 7) is 2.88. The third kappa shape index (κ3) is 6.03. The summed E-state index contributed by atoms with van der Waals surface area (Å²) < 4.78 is 0. The van der Waals surface area contributed by atoms with Crippen molar-refractivity contribution >= 4 is 17.5 Å². The molecular weight excluding hydrogens is 248 g/mol. The summed E-state index contributed by atoms with van der Waals surface area (Å²) in [6.07, 6.45) is 2.24. The number of carbonyl (C=O) groups excluding carboxylic acids is 1. The lowest BCUT2D eigenvalue weighted by molar-refractivity contribution is -0.121. The van der Waals surface area contributed by atoms with Crippen molar-refractivity contribution in [2.75, 3.05) is 13.6 Å². The van der Waals surface area contributed by atoms with Crippen molar-refractivity contribution in [3.05, 3.63) is 34.9 Å². The predicted octanol–water partition coefficient (Wildman–Crippen LogP) is 2.39. The maximum atomic E-state index is 11.6. The van der Waals surface area contributed by atoms with E-state index in [0.29, 0.717) is 6.42 Å². The zero-order valence-electron chi connectivity index (χ0n) is 11.0. The lowest BCUT2D eigenvalue weighted by Gasteiger charge is -2.14. The molecule has 0 spiro atoms. The Morgan fingerprint density at radius 2 is 2.22 bits per heavy atom. The summed E-state index contributed by atoms with van der Waals surface area (Å²) in [4.78, 5) is 11.6. The minimum Gasteiger partial charge on any atom is -0.353 e. The summed E-state index contributed by atoms with van der Waals surface area (Å²) in [7, 11) is 1.89. The zero-order valence-corrected chi connectivity index (χ0v) is 11.8. The molecule has 18 heavy (non-hydrogen) atoms. The molecule has 1 unspecified atom stereocenters. The fourth-order valence-electron chi connectivity index (χ4n) is 1.84. The first kappa shape index (κ1) is 15.0. The number of rotatable bonds is 7. The highest BCUT2D eigenvalue weighted by molar-refractivity contribution is 6.30. The van der Waals surface area contributed by atoms with E-state index in [0.717, 1.165) is 30.0 Å². The molecule has 0 radical (unpaired) electrons. The van der Waals surface area contributed by atoms with Gasteiger partial charge in [-0.05, 0) is 51.1 Å². The average Bonchev–Trinajstić information content (AvgIpc) is 2.29. The van der Waals surface area contributed by atoms with Crippen LogP contribution in [0.2, 0.25) is 5.02 Å². The number of nitrogens with one attached hydrogen (secondary N) is 2. The molecule has 0 saturated heterocycles. The van der Waals surface area contributed by atoms with Crippen LogP contribution in [-0.4, -0.2) is 25.5 Å². The van der Waals surface area contributed by atoms with Crippen LogP contribution in [0, 0.1) is 0 Å². The minimum atomic E-state index is 0.111. The maximum Gasteiger partial charge on any atom is 0.220 e. The van der Waals surface area contributed by atoms with Gasteiger partial charge in [-0.1, -0.05) is 23.7 Å². The minimum absolute atomic E-state index is 0.111. The van der Waals surface area contributed by atoms with Gasteiger partial charge in [0.05, 0.1) is 0 Å². The van der Waals surface area contributed by atoms with Gasteiger partial charge in [-0.3, -0.25) is 4.79 Å². The molecule has 0 heterocycles. The van der Waals surface area contributed by atoms with Crippen LogP contribution in [0.3, 0.4) is 0 Å². The summed E-state index contributed by atoms with van der Waals surface area (Å²) in [5.74, 6) is 0.111. The molecule has 0 aliphatic rings. The van der Waals surface area contributed by atoms with Crippen LogP contribution in [-0.2, 0) is 11.2 Å². The van der Waals surface area contributed by atoms with Crippen molar-refractivity contribution in [3.8, 4) is 0 Å². The number of carbonyl (C=O) groups is 1. The second-order valence-corrected chi connectivity index (χ2v) is 4.95. The van der Waals surface area contributed by atoms with Gasteiger partial charge in [0.25, 0.3) is 0 Å². The number of hydrogen-bond acceptors (Lipinski definition) is 2. The molecule has 0 aliphatic carbocycles. The molecule has 1 rings (SSSR count). The van der Waals surface area contributed by atoms with Gasteiger partial charge in [-0.2, -0.15) is 0 Å². The molecule has 100 valence electrons. The molecule has 1 atom stereocenters. The smallest absolute Gasteiger partial charge is 0.220 e. The van der Waals surface area contributed by atoms with Gasteiger partial charge < -0.3 is 10.6 Å². The molecular formula is C14H21ClN2O. The highest BCUT2D eigenvalue weighted by Gasteiger charge is 2.08. The first-order valence-electron chi connectivity index (χ1n) is 6.30. The number of hydrogen-bond donors (Lipinski definition) is 2. The summed E-state index contributed by atoms with van der Waals surface area (Å²) in [5, 5.41) is 6.76. The van der Waals surface area contributed by atoms with Gasteiger partial charge in [0.15, 0.2) is 0 Å². The van der Waals surface area contributed by atoms with Crippen LogP contribution >= 0.6 is 11.6 Å². The lowest BCUT2D eigenvalue weighted by Crippen LogP contribution is -2.34. The standard InChI is InChI=1S/C14H21ClN2O/c1-11(17-14(18)7-4-8-16-2)9-12-5-3-6-13(15)10-12/h3,5-6,10-11,16H,4,7-9H2,1-2H3,(H,17,18). The predicted molar refractivity (Wildman–Crippen MR) is 75.9 cm³/mol. The van der Waals surface area contributed by atoms with E-state index in [9.17, 15) is 4.79 Å². The summed E-state index contributed by atoms with van der Waals surface area (Å²) in [6, 6.07) is 7.87. The largest absolute Gasteiger partial charge is 0.353 e. The Labute approximate surface area is 114 Å². The second-order valence-electron chi connectivity index (χ2n) is 4.51. The normalized spacial score (nSPS) is 12.2. The van der Waals surface area contributed by atoms with E-state index in [1.54, 1.807) is 0 Å². The summed E-state index contributed by atoms with van der Waals surface area (Å²) >= 11 is 5.92. The Bertz CT molecular complexity index is 382. The van der Waals surface area contributed by atoms with Crippen LogP contribution in [0.25, 0.3) is 0 Å². The Morgan fingerprint density at radius 3 is 2.89 bits per heavy atom. The van der Waals surface area contributed by atoms with Gasteiger partial charge in [0.2, 0.25) is 5.91 Å². The van der Waals surface area contributed by atoms with Crippen molar-refractivity contribution in [1.82, 2.24) is 10.6 Å². The van der Waals surface area contributed by atoms with E-state index in [-0.39, 0.29) is 11.9 Å². The molecule has 0 saturated carbocycles. The Balaban J connectivity index is 2.32. The fraction of sp³-hybridized carbons (Fsp3) is 0.500. The van der Waals surface area contributed by atoms with Crippen molar-refractivity contribution in [2.24, 2.45) is 0 Å². The summed E-state index contributed by atoms with van der Waals surface area (Å²) in [5.41, 5.74) is 1.14. The quantitative estimate of drug-likeness (QED) is 0.746. The van der Waals surface area contributed by atoms with E-state index < -0.39 is 0 Å². The SMILES string of the molecule is CNCCCC(=O)NC(C)Cc1cccc(Cl)c1. The highest BCUT2D eigenvalue weighted by atomic mass is 35.5. The van der Waals surface area contributed by atoms with Crippen LogP contribution in [0.4, 0.5) is 0 Å². The van der Waals surface area contributed by atoms with Crippen molar-refractivity contribution in [1.29, 1.82) is 0 Å². The molecule has 0 aromatic heterocycles. The van der Waals surface area contributed by atoms with Gasteiger partial charge in [0, 0.05) is 17.5 Å². The molecule has 3 nitrogen and oxygen atoms in total. The molecule has 0 aliphatic heterocycles. The topological polar surface area (TPSA) is 41.1 Å². The fourth-order valence-corrected chi connectivity index (χ4v) is 2.05. The Kier molecular flexibility index (Phi) is 6.76. The molecule has 4 heteroatoms. The van der Waals surface area contributed by atoms with Crippen LogP contribution in [0.1, 0.15) is 25.3 Å². The van der Waals surface area contributed by atoms with Gasteiger partial charge in [0.1, 0.15) is 0 Å². The third-order valence-corrected chi connectivity index (χ3v) is 2.90. The van der Waals surface area contributed by atoms with Crippen molar-refractivity contribution < 1.29 is 4.79 Å². The van der Waals surface area contributed by atoms with E-state index in [4.69, 9.17) is 11.6 Å². The van der Waals surface area contributed by atoms with Crippen molar-refractivity contribution in [2.45, 2.75) is 32.2 Å². The first-order valence-corrected chi connectivity index (χ1v) is 6.68. The van der Waals surface area contributed by atoms with Crippen molar-refractivity contribution in [3.63, 3.8) is 0 Å².